The maximum Gasteiger partial charge on any atom is 0.269 e. The molecule has 0 spiro atoms. The van der Waals surface area contributed by atoms with E-state index in [1.165, 1.54) is 6.42 Å². The summed E-state index contributed by atoms with van der Waals surface area (Å²) in [5.74, 6) is -0.0109. The lowest BCUT2D eigenvalue weighted by atomic mass is 10.0. The Labute approximate surface area is 127 Å². The number of nitrogens with one attached hydrogen (secondary N) is 1. The Balaban J connectivity index is 1.77. The number of unbranched alkanes of at least 4 members (excludes halogenated alkanes) is 1. The molecule has 0 bridgehead atoms. The molecule has 1 N–H and O–H groups in total. The van der Waals surface area contributed by atoms with Crippen molar-refractivity contribution in [1.29, 1.82) is 0 Å². The molecule has 116 valence electrons. The molecule has 5 heteroatoms. The van der Waals surface area contributed by atoms with E-state index in [-0.39, 0.29) is 11.9 Å². The predicted octanol–water partition coefficient (Wildman–Crippen LogP) is 1.89. The SMILES string of the molecule is C=CCCCN1CCC(NC(=O)c2cc(C)nn2C)CC1. The fourth-order valence-electron chi connectivity index (χ4n) is 2.84. The highest BCUT2D eigenvalue weighted by atomic mass is 16.2. The van der Waals surface area contributed by atoms with E-state index in [1.54, 1.807) is 4.68 Å². The molecule has 0 atom stereocenters. The summed E-state index contributed by atoms with van der Waals surface area (Å²) in [6, 6.07) is 2.11. The molecule has 2 heterocycles. The van der Waals surface area contributed by atoms with Crippen molar-refractivity contribution in [2.24, 2.45) is 7.05 Å². The van der Waals surface area contributed by atoms with Gasteiger partial charge in [-0.25, -0.2) is 0 Å². The Morgan fingerprint density at radius 2 is 2.24 bits per heavy atom. The van der Waals surface area contributed by atoms with Crippen molar-refractivity contribution in [3.05, 3.63) is 30.1 Å². The number of carbonyl (C=O) groups excluding carboxylic acids is 1. The lowest BCUT2D eigenvalue weighted by Gasteiger charge is -2.32. The molecule has 1 fully saturated rings. The summed E-state index contributed by atoms with van der Waals surface area (Å²) >= 11 is 0. The molecular weight excluding hydrogens is 264 g/mol. The summed E-state index contributed by atoms with van der Waals surface area (Å²) in [4.78, 5) is 14.7. The number of likely N-dealkylation sites (tertiary alicyclic amines) is 1. The van der Waals surface area contributed by atoms with Gasteiger partial charge >= 0.3 is 0 Å². The molecule has 1 amide bonds. The molecule has 1 aliphatic heterocycles. The molecular formula is C16H26N4O. The smallest absolute Gasteiger partial charge is 0.269 e. The molecule has 1 aromatic rings. The number of rotatable bonds is 6. The van der Waals surface area contributed by atoms with Crippen molar-refractivity contribution in [3.63, 3.8) is 0 Å². The lowest BCUT2D eigenvalue weighted by Crippen LogP contribution is -2.45. The van der Waals surface area contributed by atoms with Crippen LogP contribution in [0.3, 0.4) is 0 Å². The Morgan fingerprint density at radius 3 is 2.81 bits per heavy atom. The number of amides is 1. The van der Waals surface area contributed by atoms with Crippen molar-refractivity contribution < 1.29 is 4.79 Å². The zero-order valence-corrected chi connectivity index (χ0v) is 13.1. The minimum atomic E-state index is -0.0109. The van der Waals surface area contributed by atoms with Crippen LogP contribution in [0.15, 0.2) is 18.7 Å². The maximum atomic E-state index is 12.2. The maximum absolute atomic E-state index is 12.2. The van der Waals surface area contributed by atoms with E-state index >= 15 is 0 Å². The standard InChI is InChI=1S/C16H26N4O/c1-4-5-6-9-20-10-7-14(8-11-20)17-16(21)15-12-13(2)18-19(15)3/h4,12,14H,1,5-11H2,2-3H3,(H,17,21). The highest BCUT2D eigenvalue weighted by Crippen LogP contribution is 2.12. The van der Waals surface area contributed by atoms with Gasteiger partial charge in [0.25, 0.3) is 5.91 Å². The number of nitrogens with zero attached hydrogens (tertiary/aromatic N) is 3. The molecule has 2 rings (SSSR count). The van der Waals surface area contributed by atoms with Gasteiger partial charge < -0.3 is 10.2 Å². The average Bonchev–Trinajstić information content (AvgIpc) is 2.80. The van der Waals surface area contributed by atoms with Crippen molar-refractivity contribution in [3.8, 4) is 0 Å². The first-order valence-electron chi connectivity index (χ1n) is 7.75. The van der Waals surface area contributed by atoms with E-state index in [2.05, 4.69) is 21.9 Å². The van der Waals surface area contributed by atoms with Crippen LogP contribution in [0.25, 0.3) is 0 Å². The summed E-state index contributed by atoms with van der Waals surface area (Å²) < 4.78 is 1.65. The van der Waals surface area contributed by atoms with Crippen LogP contribution in [-0.4, -0.2) is 46.3 Å². The van der Waals surface area contributed by atoms with Crippen LogP contribution in [0.4, 0.5) is 0 Å². The van der Waals surface area contributed by atoms with Gasteiger partial charge in [0.15, 0.2) is 0 Å². The van der Waals surface area contributed by atoms with E-state index in [1.807, 2.05) is 26.1 Å². The number of aryl methyl sites for hydroxylation is 2. The summed E-state index contributed by atoms with van der Waals surface area (Å²) in [7, 11) is 1.81. The fraction of sp³-hybridized carbons (Fsp3) is 0.625. The van der Waals surface area contributed by atoms with Crippen LogP contribution in [0, 0.1) is 6.92 Å². The van der Waals surface area contributed by atoms with Crippen molar-refractivity contribution in [1.82, 2.24) is 20.0 Å². The number of hydrogen-bond acceptors (Lipinski definition) is 3. The van der Waals surface area contributed by atoms with Gasteiger partial charge in [0, 0.05) is 26.2 Å². The summed E-state index contributed by atoms with van der Waals surface area (Å²) in [6.45, 7) is 8.91. The Bertz CT molecular complexity index is 486. The van der Waals surface area contributed by atoms with Crippen molar-refractivity contribution in [2.45, 2.75) is 38.6 Å². The number of aromatic nitrogens is 2. The molecule has 1 saturated heterocycles. The first kappa shape index (κ1) is 15.8. The van der Waals surface area contributed by atoms with Crippen molar-refractivity contribution >= 4 is 5.91 Å². The molecule has 21 heavy (non-hydrogen) atoms. The second kappa shape index (κ2) is 7.41. The normalized spacial score (nSPS) is 16.9. The number of piperidine rings is 1. The van der Waals surface area contributed by atoms with Gasteiger partial charge in [-0.05, 0) is 45.2 Å². The number of allylic oxidation sites excluding steroid dienone is 1. The van der Waals surface area contributed by atoms with Crippen LogP contribution in [0.5, 0.6) is 0 Å². The van der Waals surface area contributed by atoms with E-state index in [9.17, 15) is 4.79 Å². The minimum absolute atomic E-state index is 0.0109. The molecule has 0 aliphatic carbocycles. The second-order valence-electron chi connectivity index (χ2n) is 5.81. The van der Waals surface area contributed by atoms with Crippen molar-refractivity contribution in [2.75, 3.05) is 19.6 Å². The third-order valence-corrected chi connectivity index (χ3v) is 4.04. The topological polar surface area (TPSA) is 50.2 Å². The highest BCUT2D eigenvalue weighted by Gasteiger charge is 2.22. The number of carbonyl (C=O) groups is 1. The Hall–Kier alpha value is -1.62. The highest BCUT2D eigenvalue weighted by molar-refractivity contribution is 5.92. The zero-order valence-electron chi connectivity index (χ0n) is 13.1. The van der Waals surface area contributed by atoms with Gasteiger partial charge in [-0.3, -0.25) is 9.48 Å². The van der Waals surface area contributed by atoms with Gasteiger partial charge in [-0.15, -0.1) is 6.58 Å². The molecule has 5 nitrogen and oxygen atoms in total. The average molecular weight is 290 g/mol. The molecule has 0 saturated carbocycles. The molecule has 0 radical (unpaired) electrons. The number of hydrogen-bond donors (Lipinski definition) is 1. The Kier molecular flexibility index (Phi) is 5.56. The quantitative estimate of drug-likeness (QED) is 0.643. The molecule has 0 aromatic carbocycles. The van der Waals surface area contributed by atoms with E-state index in [0.29, 0.717) is 5.69 Å². The zero-order chi connectivity index (χ0) is 15.2. The van der Waals surface area contributed by atoms with Gasteiger partial charge in [-0.1, -0.05) is 6.08 Å². The van der Waals surface area contributed by atoms with Gasteiger partial charge in [-0.2, -0.15) is 5.10 Å². The molecule has 1 aliphatic rings. The van der Waals surface area contributed by atoms with Crippen LogP contribution >= 0.6 is 0 Å². The first-order chi connectivity index (χ1) is 10.1. The van der Waals surface area contributed by atoms with Gasteiger partial charge in [0.05, 0.1) is 5.69 Å². The summed E-state index contributed by atoms with van der Waals surface area (Å²) in [5, 5.41) is 7.35. The predicted molar refractivity (Wildman–Crippen MR) is 84.3 cm³/mol. The van der Waals surface area contributed by atoms with Crippen LogP contribution < -0.4 is 5.32 Å². The molecule has 1 aromatic heterocycles. The second-order valence-corrected chi connectivity index (χ2v) is 5.81. The fourth-order valence-corrected chi connectivity index (χ4v) is 2.84. The third kappa shape index (κ3) is 4.43. The van der Waals surface area contributed by atoms with Crippen LogP contribution in [-0.2, 0) is 7.05 Å². The Morgan fingerprint density at radius 1 is 1.52 bits per heavy atom. The summed E-state index contributed by atoms with van der Waals surface area (Å²) in [6.07, 6.45) is 6.28. The van der Waals surface area contributed by atoms with E-state index < -0.39 is 0 Å². The first-order valence-corrected chi connectivity index (χ1v) is 7.75. The lowest BCUT2D eigenvalue weighted by molar-refractivity contribution is 0.0901. The van der Waals surface area contributed by atoms with E-state index in [0.717, 1.165) is 44.6 Å². The van der Waals surface area contributed by atoms with Crippen LogP contribution in [0.1, 0.15) is 41.9 Å². The van der Waals surface area contributed by atoms with Crippen LogP contribution in [0.2, 0.25) is 0 Å². The summed E-state index contributed by atoms with van der Waals surface area (Å²) in [5.41, 5.74) is 1.51. The van der Waals surface area contributed by atoms with Gasteiger partial charge in [0.2, 0.25) is 0 Å². The van der Waals surface area contributed by atoms with E-state index in [4.69, 9.17) is 0 Å². The minimum Gasteiger partial charge on any atom is -0.348 e. The van der Waals surface area contributed by atoms with Gasteiger partial charge in [0.1, 0.15) is 5.69 Å². The molecule has 0 unspecified atom stereocenters. The monoisotopic (exact) mass is 290 g/mol. The third-order valence-electron chi connectivity index (χ3n) is 4.04. The largest absolute Gasteiger partial charge is 0.348 e.